The topological polar surface area (TPSA) is 62.1 Å². The molecule has 1 aliphatic rings. The minimum absolute atomic E-state index is 0.0524. The van der Waals surface area contributed by atoms with Gasteiger partial charge in [0.2, 0.25) is 0 Å². The molecule has 1 fully saturated rings. The Morgan fingerprint density at radius 3 is 2.10 bits per heavy atom. The number of nitrogens with zero attached hydrogens (tertiary/aromatic N) is 2. The number of carbonyl (C=O) groups excluding carboxylic acids is 1. The van der Waals surface area contributed by atoms with Gasteiger partial charge in [-0.05, 0) is 73.8 Å². The molecule has 0 amide bonds. The van der Waals surface area contributed by atoms with E-state index in [0.29, 0.717) is 11.3 Å². The Bertz CT molecular complexity index is 1140. The van der Waals surface area contributed by atoms with Gasteiger partial charge < -0.3 is 14.7 Å². The molecule has 6 heteroatoms. The summed E-state index contributed by atoms with van der Waals surface area (Å²) >= 11 is 3.40. The first-order chi connectivity index (χ1) is 18.1. The van der Waals surface area contributed by atoms with Gasteiger partial charge in [0.25, 0.3) is 0 Å². The normalized spacial score (nSPS) is 19.3. The minimum Gasteiger partial charge on any atom is -0.507 e. The lowest BCUT2D eigenvalue weighted by atomic mass is 9.78. The fourth-order valence-electron chi connectivity index (χ4n) is 5.54. The van der Waals surface area contributed by atoms with Crippen LogP contribution in [0.4, 0.5) is 0 Å². The number of phenols is 1. The van der Waals surface area contributed by atoms with E-state index in [1.807, 2.05) is 38.1 Å². The van der Waals surface area contributed by atoms with Crippen LogP contribution < -0.4 is 4.74 Å². The van der Waals surface area contributed by atoms with E-state index in [1.54, 1.807) is 0 Å². The Hall–Kier alpha value is -2.34. The quantitative estimate of drug-likeness (QED) is 0.294. The molecule has 2 aromatic carbocycles. The van der Waals surface area contributed by atoms with Crippen LogP contribution in [0, 0.1) is 5.92 Å². The summed E-state index contributed by atoms with van der Waals surface area (Å²) in [7, 11) is 0. The van der Waals surface area contributed by atoms with Crippen molar-refractivity contribution in [3.05, 3.63) is 58.7 Å². The second-order valence-electron chi connectivity index (χ2n) is 13.3. The van der Waals surface area contributed by atoms with Crippen molar-refractivity contribution in [2.75, 3.05) is 6.54 Å². The molecule has 1 heterocycles. The Kier molecular flexibility index (Phi) is 9.96. The van der Waals surface area contributed by atoms with Crippen molar-refractivity contribution < 1.29 is 14.6 Å². The fraction of sp³-hybridized carbons (Fsp3) is 0.576. The lowest BCUT2D eigenvalue weighted by Crippen LogP contribution is -2.38. The molecule has 214 valence electrons. The highest BCUT2D eigenvalue weighted by molar-refractivity contribution is 9.08. The van der Waals surface area contributed by atoms with Crippen LogP contribution in [0.25, 0.3) is 0 Å². The van der Waals surface area contributed by atoms with E-state index in [2.05, 4.69) is 85.7 Å². The number of halogens is 1. The number of ketones is 1. The number of rotatable bonds is 9. The van der Waals surface area contributed by atoms with Gasteiger partial charge in [0.15, 0.2) is 5.78 Å². The van der Waals surface area contributed by atoms with Crippen molar-refractivity contribution in [1.82, 2.24) is 4.90 Å². The van der Waals surface area contributed by atoms with Gasteiger partial charge >= 0.3 is 0 Å². The van der Waals surface area contributed by atoms with Crippen LogP contribution in [0.3, 0.4) is 0 Å². The highest BCUT2D eigenvalue weighted by atomic mass is 79.9. The molecule has 0 spiro atoms. The third-order valence-electron chi connectivity index (χ3n) is 7.50. The van der Waals surface area contributed by atoms with E-state index in [-0.39, 0.29) is 41.2 Å². The van der Waals surface area contributed by atoms with E-state index < -0.39 is 0 Å². The molecule has 39 heavy (non-hydrogen) atoms. The summed E-state index contributed by atoms with van der Waals surface area (Å²) in [5.41, 5.74) is 2.92. The predicted molar refractivity (Wildman–Crippen MR) is 166 cm³/mol. The van der Waals surface area contributed by atoms with Gasteiger partial charge in [-0.3, -0.25) is 4.79 Å². The van der Waals surface area contributed by atoms with Gasteiger partial charge in [-0.25, -0.2) is 0 Å². The molecular weight excluding hydrogens is 552 g/mol. The van der Waals surface area contributed by atoms with Crippen molar-refractivity contribution in [1.29, 1.82) is 0 Å². The zero-order valence-corrected chi connectivity index (χ0v) is 26.9. The Balaban J connectivity index is 1.89. The van der Waals surface area contributed by atoms with Gasteiger partial charge in [0.1, 0.15) is 17.3 Å². The highest BCUT2D eigenvalue weighted by Gasteiger charge is 2.38. The largest absolute Gasteiger partial charge is 0.507 e. The zero-order valence-electron chi connectivity index (χ0n) is 25.3. The summed E-state index contributed by atoms with van der Waals surface area (Å²) in [6.07, 6.45) is 4.02. The Morgan fingerprint density at radius 2 is 1.64 bits per heavy atom. The second kappa shape index (κ2) is 12.4. The fourth-order valence-corrected chi connectivity index (χ4v) is 6.03. The Labute approximate surface area is 244 Å². The number of carbonyl (C=O) groups is 1. The first kappa shape index (κ1) is 31.2. The molecule has 0 saturated carbocycles. The Morgan fingerprint density at radius 1 is 1.08 bits per heavy atom. The van der Waals surface area contributed by atoms with Crippen LogP contribution in [0.1, 0.15) is 109 Å². The SMILES string of the molecule is CCC[C@@H]1C[C@H](Cc2ccc(OC(C)C)cc2)C(=NBr)N1CC(=O)c1cc(C(C)(C)C)c(O)c(C(C)(C)C)c1. The summed E-state index contributed by atoms with van der Waals surface area (Å²) in [5, 5.41) is 11.1. The summed E-state index contributed by atoms with van der Waals surface area (Å²) in [6, 6.07) is 12.4. The number of ether oxygens (including phenoxy) is 1. The van der Waals surface area contributed by atoms with Crippen LogP contribution in [0.5, 0.6) is 11.5 Å². The highest BCUT2D eigenvalue weighted by Crippen LogP contribution is 2.40. The van der Waals surface area contributed by atoms with Crippen molar-refractivity contribution in [2.45, 2.75) is 111 Å². The third-order valence-corrected chi connectivity index (χ3v) is 7.87. The van der Waals surface area contributed by atoms with E-state index in [4.69, 9.17) is 4.74 Å². The zero-order chi connectivity index (χ0) is 29.1. The number of Topliss-reactive ketones (excluding diaryl/α,β-unsaturated/α-hetero) is 1. The number of phenolic OH excluding ortho intramolecular Hbond substituents is 1. The molecule has 0 unspecified atom stereocenters. The standard InChI is InChI=1S/C33H47BrN2O3/c1-10-11-25-17-24(16-22-12-14-26(15-13-22)39-21(2)3)31(35-34)36(25)20-29(37)23-18-27(32(4,5)6)30(38)28(19-23)33(7,8)9/h12-15,18-19,21,24-25,38H,10-11,16-17,20H2,1-9H3/t24-,25+/m0/s1. The van der Waals surface area contributed by atoms with Gasteiger partial charge in [0.05, 0.1) is 28.8 Å². The van der Waals surface area contributed by atoms with Crippen LogP contribution in [0.15, 0.2) is 40.4 Å². The number of hydrogen-bond donors (Lipinski definition) is 1. The average Bonchev–Trinajstić information content (AvgIpc) is 3.14. The minimum atomic E-state index is -0.290. The monoisotopic (exact) mass is 598 g/mol. The maximum absolute atomic E-state index is 13.9. The smallest absolute Gasteiger partial charge is 0.182 e. The molecule has 1 saturated heterocycles. The molecule has 2 atom stereocenters. The first-order valence-electron chi connectivity index (χ1n) is 14.3. The van der Waals surface area contributed by atoms with E-state index in [9.17, 15) is 9.90 Å². The number of benzene rings is 2. The summed E-state index contributed by atoms with van der Waals surface area (Å²) in [4.78, 5) is 16.1. The van der Waals surface area contributed by atoms with Crippen molar-refractivity contribution in [3.63, 3.8) is 0 Å². The number of amidine groups is 1. The molecule has 0 aromatic heterocycles. The first-order valence-corrected chi connectivity index (χ1v) is 15.0. The van der Waals surface area contributed by atoms with Crippen molar-refractivity contribution in [3.8, 4) is 11.5 Å². The van der Waals surface area contributed by atoms with Crippen LogP contribution in [0.2, 0.25) is 0 Å². The molecule has 1 N–H and O–H groups in total. The van der Waals surface area contributed by atoms with Crippen molar-refractivity contribution >= 4 is 27.8 Å². The third kappa shape index (κ3) is 7.65. The molecule has 2 aromatic rings. The average molecular weight is 600 g/mol. The van der Waals surface area contributed by atoms with E-state index >= 15 is 0 Å². The van der Waals surface area contributed by atoms with Gasteiger partial charge in [-0.2, -0.15) is 4.02 Å². The van der Waals surface area contributed by atoms with Gasteiger partial charge in [-0.15, -0.1) is 0 Å². The lowest BCUT2D eigenvalue weighted by molar-refractivity contribution is 0.0950. The maximum atomic E-state index is 13.9. The van der Waals surface area contributed by atoms with Crippen molar-refractivity contribution in [2.24, 2.45) is 9.94 Å². The molecule has 5 nitrogen and oxygen atoms in total. The summed E-state index contributed by atoms with van der Waals surface area (Å²) in [6.45, 7) is 18.9. The maximum Gasteiger partial charge on any atom is 0.182 e. The number of hydrogen-bond acceptors (Lipinski definition) is 4. The molecule has 0 aliphatic carbocycles. The number of likely N-dealkylation sites (tertiary alicyclic amines) is 1. The van der Waals surface area contributed by atoms with Crippen LogP contribution >= 0.6 is 16.1 Å². The lowest BCUT2D eigenvalue weighted by Gasteiger charge is -2.29. The van der Waals surface area contributed by atoms with E-state index in [0.717, 1.165) is 48.4 Å². The second-order valence-corrected chi connectivity index (χ2v) is 13.7. The van der Waals surface area contributed by atoms with E-state index in [1.165, 1.54) is 5.56 Å². The number of aromatic hydroxyl groups is 1. The molecule has 3 rings (SSSR count). The molecule has 0 bridgehead atoms. The van der Waals surface area contributed by atoms with Gasteiger partial charge in [-0.1, -0.05) is 67.0 Å². The van der Waals surface area contributed by atoms with Crippen LogP contribution in [-0.4, -0.2) is 40.3 Å². The van der Waals surface area contributed by atoms with Crippen LogP contribution in [-0.2, 0) is 17.3 Å². The molecule has 1 aliphatic heterocycles. The molecule has 0 radical (unpaired) electrons. The van der Waals surface area contributed by atoms with Gasteiger partial charge in [0, 0.05) is 28.7 Å². The molecular formula is C33H47BrN2O3. The summed E-state index contributed by atoms with van der Waals surface area (Å²) < 4.78 is 10.4. The predicted octanol–water partition coefficient (Wildman–Crippen LogP) is 8.40. The summed E-state index contributed by atoms with van der Waals surface area (Å²) in [5.74, 6) is 2.39.